The molecule has 0 atom stereocenters. The number of hydrogen-bond donors (Lipinski definition) is 1. The molecule has 0 fully saturated rings. The average molecular weight is 226 g/mol. The Morgan fingerprint density at radius 2 is 2.25 bits per heavy atom. The second-order valence-corrected chi connectivity index (χ2v) is 4.34. The Morgan fingerprint density at radius 3 is 2.81 bits per heavy atom. The predicted molar refractivity (Wildman–Crippen MR) is 58.4 cm³/mol. The molecule has 0 unspecified atom stereocenters. The van der Waals surface area contributed by atoms with E-state index in [2.05, 4.69) is 24.0 Å². The van der Waals surface area contributed by atoms with Crippen LogP contribution in [0.1, 0.15) is 25.6 Å². The Balaban J connectivity index is 2.48. The van der Waals surface area contributed by atoms with Crippen LogP contribution >= 0.6 is 0 Å². The summed E-state index contributed by atoms with van der Waals surface area (Å²) in [5.74, 6) is 1.34. The summed E-state index contributed by atoms with van der Waals surface area (Å²) in [6, 6.07) is 0. The summed E-state index contributed by atoms with van der Waals surface area (Å²) in [7, 11) is 1.77. The van der Waals surface area contributed by atoms with Crippen LogP contribution in [0.15, 0.2) is 4.52 Å². The van der Waals surface area contributed by atoms with Crippen molar-refractivity contribution in [2.45, 2.75) is 26.8 Å². The third-order valence-electron chi connectivity index (χ3n) is 1.93. The minimum Gasteiger partial charge on any atom is -0.369 e. The lowest BCUT2D eigenvalue weighted by molar-refractivity contribution is -0.119. The molecule has 1 aromatic heterocycles. The zero-order valence-corrected chi connectivity index (χ0v) is 9.93. The van der Waals surface area contributed by atoms with Crippen molar-refractivity contribution >= 4 is 5.91 Å². The SMILES string of the molecule is CC(C)Cc1noc(CN(C)CC(N)=O)n1. The zero-order valence-electron chi connectivity index (χ0n) is 9.93. The van der Waals surface area contributed by atoms with Crippen LogP contribution in [0.25, 0.3) is 0 Å². The van der Waals surface area contributed by atoms with E-state index >= 15 is 0 Å². The van der Waals surface area contributed by atoms with Crippen LogP contribution < -0.4 is 5.73 Å². The second-order valence-electron chi connectivity index (χ2n) is 4.34. The van der Waals surface area contributed by atoms with E-state index in [1.807, 2.05) is 0 Å². The highest BCUT2D eigenvalue weighted by atomic mass is 16.5. The van der Waals surface area contributed by atoms with Crippen LogP contribution in [0, 0.1) is 5.92 Å². The predicted octanol–water partition coefficient (Wildman–Crippen LogP) is 0.185. The standard InChI is InChI=1S/C10H18N4O2/c1-7(2)4-9-12-10(16-13-9)6-14(3)5-8(11)15/h7H,4-6H2,1-3H3,(H2,11,15). The molecule has 0 saturated carbocycles. The smallest absolute Gasteiger partial charge is 0.240 e. The van der Waals surface area contributed by atoms with Gasteiger partial charge in [0.1, 0.15) is 0 Å². The van der Waals surface area contributed by atoms with Crippen molar-refractivity contribution in [1.29, 1.82) is 0 Å². The molecule has 0 radical (unpaired) electrons. The summed E-state index contributed by atoms with van der Waals surface area (Å²) in [6.45, 7) is 4.81. The van der Waals surface area contributed by atoms with Gasteiger partial charge in [0.15, 0.2) is 5.82 Å². The number of carbonyl (C=O) groups is 1. The highest BCUT2D eigenvalue weighted by molar-refractivity contribution is 5.75. The lowest BCUT2D eigenvalue weighted by atomic mass is 10.1. The van der Waals surface area contributed by atoms with Crippen molar-refractivity contribution in [1.82, 2.24) is 15.0 Å². The lowest BCUT2D eigenvalue weighted by Gasteiger charge is -2.10. The Labute approximate surface area is 94.8 Å². The van der Waals surface area contributed by atoms with Crippen LogP contribution in [-0.4, -0.2) is 34.5 Å². The van der Waals surface area contributed by atoms with Crippen LogP contribution in [-0.2, 0) is 17.8 Å². The normalized spacial score (nSPS) is 11.3. The lowest BCUT2D eigenvalue weighted by Crippen LogP contribution is -2.30. The molecule has 0 bridgehead atoms. The fourth-order valence-electron chi connectivity index (χ4n) is 1.36. The number of nitrogens with two attached hydrogens (primary N) is 1. The van der Waals surface area contributed by atoms with Gasteiger partial charge in [-0.1, -0.05) is 19.0 Å². The number of amides is 1. The van der Waals surface area contributed by atoms with Gasteiger partial charge in [-0.3, -0.25) is 9.69 Å². The van der Waals surface area contributed by atoms with Gasteiger partial charge in [0.2, 0.25) is 11.8 Å². The molecule has 0 spiro atoms. The first-order valence-corrected chi connectivity index (χ1v) is 5.25. The fraction of sp³-hybridized carbons (Fsp3) is 0.700. The minimum atomic E-state index is -0.371. The van der Waals surface area contributed by atoms with Crippen LogP contribution in [0.3, 0.4) is 0 Å². The first kappa shape index (κ1) is 12.6. The summed E-state index contributed by atoms with van der Waals surface area (Å²) in [6.07, 6.45) is 0.795. The van der Waals surface area contributed by atoms with Crippen LogP contribution in [0.5, 0.6) is 0 Å². The minimum absolute atomic E-state index is 0.182. The number of rotatable bonds is 6. The summed E-state index contributed by atoms with van der Waals surface area (Å²) >= 11 is 0. The topological polar surface area (TPSA) is 85.3 Å². The van der Waals surface area contributed by atoms with E-state index in [4.69, 9.17) is 10.3 Å². The third kappa shape index (κ3) is 4.39. The molecule has 6 nitrogen and oxygen atoms in total. The van der Waals surface area contributed by atoms with Gasteiger partial charge in [0.05, 0.1) is 13.1 Å². The molecule has 1 aromatic rings. The van der Waals surface area contributed by atoms with Crippen molar-refractivity contribution in [3.8, 4) is 0 Å². The van der Waals surface area contributed by atoms with Crippen molar-refractivity contribution < 1.29 is 9.32 Å². The highest BCUT2D eigenvalue weighted by Crippen LogP contribution is 2.05. The van der Waals surface area contributed by atoms with Crippen molar-refractivity contribution in [3.05, 3.63) is 11.7 Å². The Bertz CT molecular complexity index is 348. The van der Waals surface area contributed by atoms with E-state index in [9.17, 15) is 4.79 Å². The molecule has 16 heavy (non-hydrogen) atoms. The largest absolute Gasteiger partial charge is 0.369 e. The molecule has 0 saturated heterocycles. The summed E-state index contributed by atoms with van der Waals surface area (Å²) < 4.78 is 5.06. The van der Waals surface area contributed by atoms with E-state index in [0.717, 1.165) is 6.42 Å². The number of carbonyl (C=O) groups excluding carboxylic acids is 1. The monoisotopic (exact) mass is 226 g/mol. The first-order valence-electron chi connectivity index (χ1n) is 5.25. The maximum absolute atomic E-state index is 10.7. The molecule has 1 amide bonds. The third-order valence-corrected chi connectivity index (χ3v) is 1.93. The Kier molecular flexibility index (Phi) is 4.42. The molecule has 0 aliphatic rings. The molecule has 0 aromatic carbocycles. The zero-order chi connectivity index (χ0) is 12.1. The number of aromatic nitrogens is 2. The summed E-state index contributed by atoms with van der Waals surface area (Å²) in [4.78, 5) is 16.6. The van der Waals surface area contributed by atoms with E-state index in [1.165, 1.54) is 0 Å². The molecule has 1 rings (SSSR count). The van der Waals surface area contributed by atoms with Gasteiger partial charge in [-0.2, -0.15) is 4.98 Å². The maximum atomic E-state index is 10.7. The summed E-state index contributed by atoms with van der Waals surface area (Å²) in [5, 5.41) is 3.86. The molecule has 1 heterocycles. The van der Waals surface area contributed by atoms with Gasteiger partial charge in [-0.25, -0.2) is 0 Å². The van der Waals surface area contributed by atoms with Gasteiger partial charge in [-0.05, 0) is 13.0 Å². The van der Waals surface area contributed by atoms with Crippen molar-refractivity contribution in [3.63, 3.8) is 0 Å². The maximum Gasteiger partial charge on any atom is 0.240 e. The van der Waals surface area contributed by atoms with Crippen molar-refractivity contribution in [2.24, 2.45) is 11.7 Å². The first-order chi connectivity index (χ1) is 7.47. The molecule has 0 aliphatic carbocycles. The quantitative estimate of drug-likeness (QED) is 0.748. The Morgan fingerprint density at radius 1 is 1.56 bits per heavy atom. The van der Waals surface area contributed by atoms with Crippen LogP contribution in [0.4, 0.5) is 0 Å². The fourth-order valence-corrected chi connectivity index (χ4v) is 1.36. The highest BCUT2D eigenvalue weighted by Gasteiger charge is 2.11. The van der Waals surface area contributed by atoms with E-state index in [1.54, 1.807) is 11.9 Å². The van der Waals surface area contributed by atoms with Gasteiger partial charge in [0, 0.05) is 6.42 Å². The number of likely N-dealkylation sites (N-methyl/N-ethyl adjacent to an activating group) is 1. The molecule has 90 valence electrons. The Hall–Kier alpha value is -1.43. The van der Waals surface area contributed by atoms with Gasteiger partial charge in [-0.15, -0.1) is 0 Å². The molecule has 0 aliphatic heterocycles. The average Bonchev–Trinajstić information content (AvgIpc) is 2.49. The number of nitrogens with zero attached hydrogens (tertiary/aromatic N) is 3. The van der Waals surface area contributed by atoms with Gasteiger partial charge in [0.25, 0.3) is 0 Å². The molecule has 6 heteroatoms. The van der Waals surface area contributed by atoms with E-state index in [0.29, 0.717) is 24.2 Å². The number of primary amides is 1. The summed E-state index contributed by atoms with van der Waals surface area (Å²) in [5.41, 5.74) is 5.07. The van der Waals surface area contributed by atoms with E-state index < -0.39 is 0 Å². The molecular weight excluding hydrogens is 208 g/mol. The second kappa shape index (κ2) is 5.60. The number of hydrogen-bond acceptors (Lipinski definition) is 5. The van der Waals surface area contributed by atoms with Gasteiger partial charge >= 0.3 is 0 Å². The molecular formula is C10H18N4O2. The van der Waals surface area contributed by atoms with Crippen molar-refractivity contribution in [2.75, 3.05) is 13.6 Å². The van der Waals surface area contributed by atoms with E-state index in [-0.39, 0.29) is 12.5 Å². The van der Waals surface area contributed by atoms with Gasteiger partial charge < -0.3 is 10.3 Å². The van der Waals surface area contributed by atoms with Crippen LogP contribution in [0.2, 0.25) is 0 Å². The molecule has 2 N–H and O–H groups in total.